The molecule has 1 fully saturated rings. The number of hydrogen-bond donors (Lipinski definition) is 2. The van der Waals surface area contributed by atoms with Gasteiger partial charge in [0.1, 0.15) is 4.90 Å². The van der Waals surface area contributed by atoms with E-state index in [1.54, 1.807) is 29.2 Å². The van der Waals surface area contributed by atoms with E-state index in [1.165, 1.54) is 6.07 Å². The van der Waals surface area contributed by atoms with Gasteiger partial charge in [-0.1, -0.05) is 29.8 Å². The summed E-state index contributed by atoms with van der Waals surface area (Å²) < 4.78 is 23.8. The number of non-ortho nitro benzene ring substituents is 1. The number of piperidine rings is 1. The maximum atomic E-state index is 11.9. The molecule has 3 rings (SSSR count). The van der Waals surface area contributed by atoms with Crippen molar-refractivity contribution in [1.29, 1.82) is 0 Å². The molecule has 8 nitrogen and oxygen atoms in total. The summed E-state index contributed by atoms with van der Waals surface area (Å²) in [5, 5.41) is 27.8. The van der Waals surface area contributed by atoms with Crippen molar-refractivity contribution in [3.8, 4) is 0 Å². The van der Waals surface area contributed by atoms with Crippen LogP contribution in [-0.4, -0.2) is 31.5 Å². The molecule has 27 heavy (non-hydrogen) atoms. The zero-order chi connectivity index (χ0) is 19.8. The van der Waals surface area contributed by atoms with E-state index in [0.29, 0.717) is 10.6 Å². The van der Waals surface area contributed by atoms with Crippen LogP contribution < -0.4 is 10.0 Å². The number of sulfonamides is 1. The molecule has 2 aromatic carbocycles. The lowest BCUT2D eigenvalue weighted by Crippen LogP contribution is -2.43. The van der Waals surface area contributed by atoms with Gasteiger partial charge in [0.2, 0.25) is 10.0 Å². The number of nitrogens with two attached hydrogens (primary N) is 1. The number of anilines is 1. The lowest BCUT2D eigenvalue weighted by atomic mass is 9.84. The molecule has 144 valence electrons. The predicted octanol–water partition coefficient (Wildman–Crippen LogP) is 2.38. The number of nitrogens with zero attached hydrogens (tertiary/aromatic N) is 2. The first-order valence-corrected chi connectivity index (χ1v) is 10.1. The molecule has 0 radical (unpaired) electrons. The molecule has 0 bridgehead atoms. The van der Waals surface area contributed by atoms with Gasteiger partial charge in [0, 0.05) is 35.8 Å². The van der Waals surface area contributed by atoms with E-state index in [1.807, 2.05) is 0 Å². The Morgan fingerprint density at radius 3 is 2.37 bits per heavy atom. The number of aliphatic hydroxyl groups is 1. The Labute approximate surface area is 161 Å². The van der Waals surface area contributed by atoms with Crippen LogP contribution in [0.15, 0.2) is 47.4 Å². The molecule has 1 saturated heterocycles. The normalized spacial score (nSPS) is 16.9. The third kappa shape index (κ3) is 3.91. The van der Waals surface area contributed by atoms with E-state index in [2.05, 4.69) is 0 Å². The summed E-state index contributed by atoms with van der Waals surface area (Å²) in [5.74, 6) is 0. The van der Waals surface area contributed by atoms with Gasteiger partial charge in [-0.2, -0.15) is 0 Å². The van der Waals surface area contributed by atoms with Gasteiger partial charge in [0.05, 0.1) is 16.2 Å². The Balaban J connectivity index is 1.93. The van der Waals surface area contributed by atoms with E-state index < -0.39 is 20.5 Å². The number of hydrogen-bond acceptors (Lipinski definition) is 6. The highest BCUT2D eigenvalue weighted by Gasteiger charge is 2.36. The van der Waals surface area contributed by atoms with Crippen molar-refractivity contribution in [2.75, 3.05) is 18.0 Å². The van der Waals surface area contributed by atoms with Crippen LogP contribution in [0.3, 0.4) is 0 Å². The first kappa shape index (κ1) is 19.6. The van der Waals surface area contributed by atoms with Crippen LogP contribution in [0.25, 0.3) is 0 Å². The molecule has 1 aliphatic heterocycles. The summed E-state index contributed by atoms with van der Waals surface area (Å²) in [6.45, 7) is 0.566. The van der Waals surface area contributed by atoms with Crippen molar-refractivity contribution in [3.05, 3.63) is 63.2 Å². The first-order chi connectivity index (χ1) is 12.6. The van der Waals surface area contributed by atoms with Crippen LogP contribution >= 0.6 is 11.6 Å². The maximum Gasteiger partial charge on any atom is 0.271 e. The minimum absolute atomic E-state index is 0.160. The van der Waals surface area contributed by atoms with Crippen molar-refractivity contribution in [2.24, 2.45) is 5.14 Å². The highest BCUT2D eigenvalue weighted by Crippen LogP contribution is 2.39. The number of benzene rings is 2. The zero-order valence-electron chi connectivity index (χ0n) is 14.2. The minimum Gasteiger partial charge on any atom is -0.385 e. The van der Waals surface area contributed by atoms with Crippen LogP contribution in [0.2, 0.25) is 5.02 Å². The number of halogens is 1. The number of rotatable bonds is 4. The smallest absolute Gasteiger partial charge is 0.271 e. The molecule has 0 aromatic heterocycles. The molecule has 3 N–H and O–H groups in total. The number of primary sulfonamides is 1. The van der Waals surface area contributed by atoms with Crippen LogP contribution in [0.1, 0.15) is 18.4 Å². The van der Waals surface area contributed by atoms with Gasteiger partial charge in [0.15, 0.2) is 0 Å². The van der Waals surface area contributed by atoms with E-state index in [4.69, 9.17) is 16.7 Å². The van der Waals surface area contributed by atoms with E-state index in [0.717, 1.165) is 12.1 Å². The van der Waals surface area contributed by atoms with Crippen LogP contribution in [0.4, 0.5) is 11.4 Å². The minimum atomic E-state index is -4.06. The number of nitro benzene ring substituents is 1. The van der Waals surface area contributed by atoms with E-state index in [9.17, 15) is 23.6 Å². The summed E-state index contributed by atoms with van der Waals surface area (Å²) in [7, 11) is -4.06. The predicted molar refractivity (Wildman–Crippen MR) is 101 cm³/mol. The standard InChI is InChI=1S/C17H18ClN3O5S/c18-14-4-2-1-3-13(14)17(22)7-9-20(10-8-17)15-11-12(21(23)24)5-6-16(15)27(19,25)26/h1-6,11,22H,7-10H2,(H2,19,25,26). The van der Waals surface area contributed by atoms with Crippen LogP contribution in [0, 0.1) is 10.1 Å². The molecular weight excluding hydrogens is 394 g/mol. The highest BCUT2D eigenvalue weighted by molar-refractivity contribution is 7.89. The summed E-state index contributed by atoms with van der Waals surface area (Å²) in [6, 6.07) is 10.4. The topological polar surface area (TPSA) is 127 Å². The van der Waals surface area contributed by atoms with Gasteiger partial charge < -0.3 is 10.0 Å². The van der Waals surface area contributed by atoms with Gasteiger partial charge in [-0.05, 0) is 25.0 Å². The fourth-order valence-corrected chi connectivity index (χ4v) is 4.38. The largest absolute Gasteiger partial charge is 0.385 e. The van der Waals surface area contributed by atoms with Crippen molar-refractivity contribution in [3.63, 3.8) is 0 Å². The molecule has 0 amide bonds. The average Bonchev–Trinajstić information content (AvgIpc) is 2.61. The third-order valence-corrected chi connectivity index (χ3v) is 6.05. The molecule has 0 atom stereocenters. The van der Waals surface area contributed by atoms with Gasteiger partial charge in [-0.15, -0.1) is 0 Å². The molecule has 0 saturated carbocycles. The zero-order valence-corrected chi connectivity index (χ0v) is 15.8. The summed E-state index contributed by atoms with van der Waals surface area (Å²) >= 11 is 6.20. The molecule has 0 unspecified atom stereocenters. The molecular formula is C17H18ClN3O5S. The molecule has 0 spiro atoms. The van der Waals surface area contributed by atoms with Gasteiger partial charge in [-0.3, -0.25) is 10.1 Å². The maximum absolute atomic E-state index is 11.9. The van der Waals surface area contributed by atoms with E-state index in [-0.39, 0.29) is 42.2 Å². The average molecular weight is 412 g/mol. The quantitative estimate of drug-likeness (QED) is 0.587. The van der Waals surface area contributed by atoms with Gasteiger partial charge >= 0.3 is 0 Å². The summed E-state index contributed by atoms with van der Waals surface area (Å²) in [6.07, 6.45) is 0.562. The summed E-state index contributed by atoms with van der Waals surface area (Å²) in [5.41, 5.74) is -0.619. The fourth-order valence-electron chi connectivity index (χ4n) is 3.33. The molecule has 0 aliphatic carbocycles. The fraction of sp³-hybridized carbons (Fsp3) is 0.294. The molecule has 10 heteroatoms. The Kier molecular flexibility index (Phi) is 5.13. The Morgan fingerprint density at radius 1 is 1.19 bits per heavy atom. The lowest BCUT2D eigenvalue weighted by Gasteiger charge is -2.40. The Morgan fingerprint density at radius 2 is 1.81 bits per heavy atom. The van der Waals surface area contributed by atoms with Crippen molar-refractivity contribution in [1.82, 2.24) is 0 Å². The van der Waals surface area contributed by atoms with Crippen molar-refractivity contribution < 1.29 is 18.4 Å². The molecule has 1 heterocycles. The van der Waals surface area contributed by atoms with Crippen molar-refractivity contribution >= 4 is 33.0 Å². The van der Waals surface area contributed by atoms with Gasteiger partial charge in [-0.25, -0.2) is 13.6 Å². The monoisotopic (exact) mass is 411 g/mol. The van der Waals surface area contributed by atoms with Crippen LogP contribution in [0.5, 0.6) is 0 Å². The summed E-state index contributed by atoms with van der Waals surface area (Å²) in [4.78, 5) is 12.0. The second kappa shape index (κ2) is 7.08. The Hall–Kier alpha value is -2.20. The first-order valence-electron chi connectivity index (χ1n) is 8.15. The lowest BCUT2D eigenvalue weighted by molar-refractivity contribution is -0.384. The SMILES string of the molecule is NS(=O)(=O)c1ccc([N+](=O)[O-])cc1N1CCC(O)(c2ccccc2Cl)CC1. The van der Waals surface area contributed by atoms with E-state index >= 15 is 0 Å². The van der Waals surface area contributed by atoms with Gasteiger partial charge in [0.25, 0.3) is 5.69 Å². The second-order valence-electron chi connectivity index (χ2n) is 6.45. The Bertz CT molecular complexity index is 988. The second-order valence-corrected chi connectivity index (χ2v) is 8.39. The van der Waals surface area contributed by atoms with Crippen LogP contribution in [-0.2, 0) is 15.6 Å². The molecule has 2 aromatic rings. The van der Waals surface area contributed by atoms with Crippen molar-refractivity contribution in [2.45, 2.75) is 23.3 Å². The molecule has 1 aliphatic rings. The highest BCUT2D eigenvalue weighted by atomic mass is 35.5. The third-order valence-electron chi connectivity index (χ3n) is 4.77. The number of nitro groups is 1.